The van der Waals surface area contributed by atoms with Crippen LogP contribution in [-0.4, -0.2) is 49.9 Å². The van der Waals surface area contributed by atoms with Crippen LogP contribution in [0.15, 0.2) is 24.3 Å². The lowest BCUT2D eigenvalue weighted by atomic mass is 10.2. The molecule has 7 heteroatoms. The third kappa shape index (κ3) is 3.93. The van der Waals surface area contributed by atoms with Gasteiger partial charge in [-0.15, -0.1) is 0 Å². The maximum atomic E-state index is 13.1. The molecule has 1 aliphatic heterocycles. The molecule has 1 aliphatic rings. The molecule has 1 fully saturated rings. The van der Waals surface area contributed by atoms with Gasteiger partial charge in [-0.05, 0) is 25.5 Å². The highest BCUT2D eigenvalue weighted by Crippen LogP contribution is 2.19. The lowest BCUT2D eigenvalue weighted by Gasteiger charge is -2.26. The summed E-state index contributed by atoms with van der Waals surface area (Å²) in [6.45, 7) is 1.56. The molecule has 2 rings (SSSR count). The Bertz CT molecular complexity index is 632. The fourth-order valence-corrected chi connectivity index (χ4v) is 4.12. The fraction of sp³-hybridized carbons (Fsp3) is 0.500. The summed E-state index contributed by atoms with van der Waals surface area (Å²) in [5.74, 6) is -0.400. The number of halogens is 1. The van der Waals surface area contributed by atoms with E-state index < -0.39 is 21.8 Å². The standard InChI is InChI=1S/C14H18FNO4S/c1-10(20-13-5-3-4-11(15)8-13)14(17)16(2)12-6-7-21(18,19)9-12/h3-5,8,10,12H,6-7,9H2,1-2H3/t10-,12-/m1/s1. The van der Waals surface area contributed by atoms with Crippen molar-refractivity contribution in [3.05, 3.63) is 30.1 Å². The van der Waals surface area contributed by atoms with Gasteiger partial charge in [-0.25, -0.2) is 12.8 Å². The molecule has 0 unspecified atom stereocenters. The van der Waals surface area contributed by atoms with E-state index in [4.69, 9.17) is 4.74 Å². The number of ether oxygens (including phenoxy) is 1. The van der Waals surface area contributed by atoms with Crippen LogP contribution in [0.2, 0.25) is 0 Å². The van der Waals surface area contributed by atoms with Gasteiger partial charge < -0.3 is 9.64 Å². The van der Waals surface area contributed by atoms with Gasteiger partial charge in [0.15, 0.2) is 15.9 Å². The van der Waals surface area contributed by atoms with Crippen molar-refractivity contribution in [3.63, 3.8) is 0 Å². The van der Waals surface area contributed by atoms with E-state index in [0.29, 0.717) is 6.42 Å². The Hall–Kier alpha value is -1.63. The first-order valence-corrected chi connectivity index (χ1v) is 8.50. The monoisotopic (exact) mass is 315 g/mol. The van der Waals surface area contributed by atoms with Crippen molar-refractivity contribution in [2.24, 2.45) is 0 Å². The molecule has 5 nitrogen and oxygen atoms in total. The molecule has 1 aromatic rings. The lowest BCUT2D eigenvalue weighted by Crippen LogP contribution is -2.44. The number of hydrogen-bond acceptors (Lipinski definition) is 4. The van der Waals surface area contributed by atoms with Gasteiger partial charge >= 0.3 is 0 Å². The molecule has 1 amide bonds. The van der Waals surface area contributed by atoms with E-state index in [0.717, 1.165) is 0 Å². The van der Waals surface area contributed by atoms with Gasteiger partial charge in [0.2, 0.25) is 0 Å². The second-order valence-electron chi connectivity index (χ2n) is 5.22. The Morgan fingerprint density at radius 2 is 2.19 bits per heavy atom. The third-order valence-electron chi connectivity index (χ3n) is 3.56. The van der Waals surface area contributed by atoms with Crippen LogP contribution in [0, 0.1) is 5.82 Å². The molecule has 1 saturated heterocycles. The Morgan fingerprint density at radius 3 is 2.76 bits per heavy atom. The number of hydrogen-bond donors (Lipinski definition) is 0. The predicted octanol–water partition coefficient (Wildman–Crippen LogP) is 1.24. The summed E-state index contributed by atoms with van der Waals surface area (Å²) in [6.07, 6.45) is -0.364. The minimum atomic E-state index is -3.05. The molecule has 21 heavy (non-hydrogen) atoms. The molecule has 0 spiro atoms. The van der Waals surface area contributed by atoms with Crippen molar-refractivity contribution < 1.29 is 22.3 Å². The van der Waals surface area contributed by atoms with E-state index >= 15 is 0 Å². The normalized spacial score (nSPS) is 21.8. The van der Waals surface area contributed by atoms with E-state index in [-0.39, 0.29) is 29.2 Å². The predicted molar refractivity (Wildman–Crippen MR) is 76.3 cm³/mol. The van der Waals surface area contributed by atoms with E-state index in [2.05, 4.69) is 0 Å². The van der Waals surface area contributed by atoms with Crippen LogP contribution in [0.3, 0.4) is 0 Å². The number of carbonyl (C=O) groups is 1. The lowest BCUT2D eigenvalue weighted by molar-refractivity contribution is -0.138. The van der Waals surface area contributed by atoms with E-state index in [1.807, 2.05) is 0 Å². The van der Waals surface area contributed by atoms with Crippen molar-refractivity contribution in [3.8, 4) is 5.75 Å². The minimum absolute atomic E-state index is 0.0120. The molecule has 0 N–H and O–H groups in total. The zero-order valence-corrected chi connectivity index (χ0v) is 12.8. The molecule has 2 atom stereocenters. The maximum absolute atomic E-state index is 13.1. The van der Waals surface area contributed by atoms with Crippen molar-refractivity contribution in [1.29, 1.82) is 0 Å². The van der Waals surface area contributed by atoms with Gasteiger partial charge in [0.05, 0.1) is 11.5 Å². The Morgan fingerprint density at radius 1 is 1.48 bits per heavy atom. The number of amides is 1. The zero-order valence-electron chi connectivity index (χ0n) is 12.0. The molecule has 0 radical (unpaired) electrons. The summed E-state index contributed by atoms with van der Waals surface area (Å²) >= 11 is 0. The largest absolute Gasteiger partial charge is 0.481 e. The first-order chi connectivity index (χ1) is 9.78. The fourth-order valence-electron chi connectivity index (χ4n) is 2.34. The van der Waals surface area contributed by atoms with Crippen LogP contribution in [0.4, 0.5) is 4.39 Å². The summed E-state index contributed by atoms with van der Waals surface area (Å²) < 4.78 is 41.4. The van der Waals surface area contributed by atoms with Gasteiger partial charge in [-0.1, -0.05) is 6.07 Å². The van der Waals surface area contributed by atoms with Gasteiger partial charge in [-0.3, -0.25) is 4.79 Å². The third-order valence-corrected chi connectivity index (χ3v) is 5.31. The first-order valence-electron chi connectivity index (χ1n) is 6.68. The number of sulfone groups is 1. The second kappa shape index (κ2) is 6.01. The van der Waals surface area contributed by atoms with E-state index in [1.54, 1.807) is 20.0 Å². The second-order valence-corrected chi connectivity index (χ2v) is 7.45. The van der Waals surface area contributed by atoms with E-state index in [1.165, 1.54) is 23.1 Å². The van der Waals surface area contributed by atoms with Crippen LogP contribution >= 0.6 is 0 Å². The number of nitrogens with zero attached hydrogens (tertiary/aromatic N) is 1. The SMILES string of the molecule is C[C@@H](Oc1cccc(F)c1)C(=O)N(C)[C@@H]1CCS(=O)(=O)C1. The average molecular weight is 315 g/mol. The molecule has 0 aliphatic carbocycles. The van der Waals surface area contributed by atoms with Gasteiger partial charge in [-0.2, -0.15) is 0 Å². The molecule has 0 bridgehead atoms. The average Bonchev–Trinajstić information content (AvgIpc) is 2.77. The Kier molecular flexibility index (Phi) is 4.51. The summed E-state index contributed by atoms with van der Waals surface area (Å²) in [5.41, 5.74) is 0. The minimum Gasteiger partial charge on any atom is -0.481 e. The number of carbonyl (C=O) groups excluding carboxylic acids is 1. The summed E-state index contributed by atoms with van der Waals surface area (Å²) in [7, 11) is -1.48. The topological polar surface area (TPSA) is 63.7 Å². The molecule has 1 heterocycles. The van der Waals surface area contributed by atoms with Crippen molar-refractivity contribution in [1.82, 2.24) is 4.90 Å². The molecule has 0 aromatic heterocycles. The van der Waals surface area contributed by atoms with Crippen LogP contribution in [0.1, 0.15) is 13.3 Å². The zero-order chi connectivity index (χ0) is 15.6. The van der Waals surface area contributed by atoms with Crippen molar-refractivity contribution in [2.75, 3.05) is 18.6 Å². The summed E-state index contributed by atoms with van der Waals surface area (Å²) in [6, 6.07) is 5.22. The highest BCUT2D eigenvalue weighted by molar-refractivity contribution is 7.91. The molecular weight excluding hydrogens is 297 g/mol. The number of benzene rings is 1. The smallest absolute Gasteiger partial charge is 0.263 e. The van der Waals surface area contributed by atoms with Gasteiger partial charge in [0, 0.05) is 19.2 Å². The summed E-state index contributed by atoms with van der Waals surface area (Å²) in [5, 5.41) is 0. The van der Waals surface area contributed by atoms with Crippen LogP contribution in [0.5, 0.6) is 5.75 Å². The van der Waals surface area contributed by atoms with Gasteiger partial charge in [0.1, 0.15) is 11.6 Å². The molecular formula is C14H18FNO4S. The highest BCUT2D eigenvalue weighted by atomic mass is 32.2. The first kappa shape index (κ1) is 15.8. The highest BCUT2D eigenvalue weighted by Gasteiger charge is 2.34. The van der Waals surface area contributed by atoms with E-state index in [9.17, 15) is 17.6 Å². The van der Waals surface area contributed by atoms with Crippen LogP contribution in [-0.2, 0) is 14.6 Å². The quantitative estimate of drug-likeness (QED) is 0.838. The van der Waals surface area contributed by atoms with Crippen LogP contribution in [0.25, 0.3) is 0 Å². The van der Waals surface area contributed by atoms with Crippen LogP contribution < -0.4 is 4.74 Å². The number of rotatable bonds is 4. The number of likely N-dealkylation sites (N-methyl/N-ethyl adjacent to an activating group) is 1. The Labute approximate surface area is 123 Å². The summed E-state index contributed by atoms with van der Waals surface area (Å²) in [4.78, 5) is 13.7. The van der Waals surface area contributed by atoms with Crippen molar-refractivity contribution in [2.45, 2.75) is 25.5 Å². The molecule has 0 saturated carbocycles. The van der Waals surface area contributed by atoms with Gasteiger partial charge in [0.25, 0.3) is 5.91 Å². The Balaban J connectivity index is 1.99. The maximum Gasteiger partial charge on any atom is 0.263 e. The van der Waals surface area contributed by atoms with Crippen molar-refractivity contribution >= 4 is 15.7 Å². The molecule has 116 valence electrons. The molecule has 1 aromatic carbocycles.